The van der Waals surface area contributed by atoms with Gasteiger partial charge in [0.1, 0.15) is 0 Å². The molecule has 0 bridgehead atoms. The van der Waals surface area contributed by atoms with Crippen LogP contribution in [0.1, 0.15) is 11.1 Å². The van der Waals surface area contributed by atoms with E-state index in [2.05, 4.69) is 14.7 Å². The van der Waals surface area contributed by atoms with Crippen LogP contribution in [-0.4, -0.2) is 18.4 Å². The zero-order chi connectivity index (χ0) is 13.0. The molecule has 1 aromatic heterocycles. The molecule has 0 fully saturated rings. The van der Waals surface area contributed by atoms with Crippen LogP contribution in [0.4, 0.5) is 5.95 Å². The van der Waals surface area contributed by atoms with Gasteiger partial charge in [-0.05, 0) is 11.1 Å². The number of imidazole rings is 1. The van der Waals surface area contributed by atoms with Gasteiger partial charge in [0.2, 0.25) is 16.0 Å². The minimum Gasteiger partial charge on any atom is -0.330 e. The predicted octanol–water partition coefficient (Wildman–Crippen LogP) is 0.810. The quantitative estimate of drug-likeness (QED) is 0.745. The molecule has 0 spiro atoms. The number of benzene rings is 1. The number of rotatable bonds is 5. The van der Waals surface area contributed by atoms with Crippen molar-refractivity contribution in [1.29, 1.82) is 0 Å². The number of nitrogens with two attached hydrogens (primary N) is 1. The van der Waals surface area contributed by atoms with Crippen molar-refractivity contribution in [3.05, 3.63) is 47.8 Å². The number of aromatic nitrogens is 2. The van der Waals surface area contributed by atoms with Gasteiger partial charge in [0.05, 0.1) is 5.75 Å². The van der Waals surface area contributed by atoms with E-state index in [-0.39, 0.29) is 11.7 Å². The molecule has 0 amide bonds. The van der Waals surface area contributed by atoms with Crippen molar-refractivity contribution in [2.45, 2.75) is 12.3 Å². The van der Waals surface area contributed by atoms with E-state index in [1.54, 1.807) is 18.3 Å². The maximum atomic E-state index is 11.8. The number of nitrogens with one attached hydrogen (secondary N) is 2. The van der Waals surface area contributed by atoms with Gasteiger partial charge in [0, 0.05) is 18.9 Å². The zero-order valence-corrected chi connectivity index (χ0v) is 10.4. The molecule has 7 heteroatoms. The summed E-state index contributed by atoms with van der Waals surface area (Å²) < 4.78 is 26.0. The number of aromatic amines is 1. The topological polar surface area (TPSA) is 101 Å². The second kappa shape index (κ2) is 5.19. The number of sulfonamides is 1. The van der Waals surface area contributed by atoms with E-state index in [1.165, 1.54) is 6.20 Å². The summed E-state index contributed by atoms with van der Waals surface area (Å²) in [5, 5.41) is 0. The van der Waals surface area contributed by atoms with Crippen molar-refractivity contribution in [2.24, 2.45) is 5.73 Å². The lowest BCUT2D eigenvalue weighted by Gasteiger charge is -2.06. The minimum absolute atomic E-state index is 0.0987. The number of hydrogen-bond acceptors (Lipinski definition) is 4. The molecule has 4 N–H and O–H groups in total. The summed E-state index contributed by atoms with van der Waals surface area (Å²) in [6.45, 7) is 0.442. The second-order valence-corrected chi connectivity index (χ2v) is 5.54. The van der Waals surface area contributed by atoms with E-state index >= 15 is 0 Å². The first-order valence-electron chi connectivity index (χ1n) is 5.37. The molecule has 0 atom stereocenters. The summed E-state index contributed by atoms with van der Waals surface area (Å²) in [6, 6.07) is 7.14. The molecule has 18 heavy (non-hydrogen) atoms. The van der Waals surface area contributed by atoms with E-state index in [9.17, 15) is 8.42 Å². The maximum Gasteiger partial charge on any atom is 0.239 e. The van der Waals surface area contributed by atoms with Gasteiger partial charge in [0.15, 0.2) is 0 Å². The van der Waals surface area contributed by atoms with Crippen LogP contribution in [0.3, 0.4) is 0 Å². The van der Waals surface area contributed by atoms with E-state index in [4.69, 9.17) is 5.73 Å². The molecule has 1 heterocycles. The van der Waals surface area contributed by atoms with Crippen LogP contribution in [0.15, 0.2) is 36.7 Å². The van der Waals surface area contributed by atoms with Crippen molar-refractivity contribution in [1.82, 2.24) is 9.97 Å². The van der Waals surface area contributed by atoms with Crippen LogP contribution in [0.5, 0.6) is 0 Å². The van der Waals surface area contributed by atoms with Crippen LogP contribution >= 0.6 is 0 Å². The SMILES string of the molecule is NCc1ccc(CS(=O)(=O)Nc2ncc[nH]2)cc1. The lowest BCUT2D eigenvalue weighted by molar-refractivity contribution is 0.600. The van der Waals surface area contributed by atoms with Crippen LogP contribution in [0, 0.1) is 0 Å². The minimum atomic E-state index is -3.45. The Bertz CT molecular complexity index is 590. The summed E-state index contributed by atoms with van der Waals surface area (Å²) in [6.07, 6.45) is 3.03. The van der Waals surface area contributed by atoms with E-state index < -0.39 is 10.0 Å². The summed E-state index contributed by atoms with van der Waals surface area (Å²) >= 11 is 0. The summed E-state index contributed by atoms with van der Waals surface area (Å²) in [5.41, 5.74) is 7.14. The lowest BCUT2D eigenvalue weighted by Crippen LogP contribution is -2.16. The molecule has 0 saturated carbocycles. The fraction of sp³-hybridized carbons (Fsp3) is 0.182. The van der Waals surface area contributed by atoms with Crippen LogP contribution in [0.2, 0.25) is 0 Å². The van der Waals surface area contributed by atoms with Gasteiger partial charge in [-0.3, -0.25) is 4.72 Å². The van der Waals surface area contributed by atoms with Crippen LogP contribution < -0.4 is 10.5 Å². The Hall–Kier alpha value is -1.86. The standard InChI is InChI=1S/C11H14N4O2S/c12-7-9-1-3-10(4-2-9)8-18(16,17)15-11-13-5-6-14-11/h1-6H,7-8,12H2,(H2,13,14,15). The molecule has 0 saturated heterocycles. The van der Waals surface area contributed by atoms with E-state index in [1.807, 2.05) is 12.1 Å². The monoisotopic (exact) mass is 266 g/mol. The normalized spacial score (nSPS) is 11.4. The first-order valence-corrected chi connectivity index (χ1v) is 7.02. The van der Waals surface area contributed by atoms with Crippen molar-refractivity contribution < 1.29 is 8.42 Å². The Kier molecular flexibility index (Phi) is 3.63. The van der Waals surface area contributed by atoms with Crippen LogP contribution in [0.25, 0.3) is 0 Å². The fourth-order valence-electron chi connectivity index (χ4n) is 1.50. The predicted molar refractivity (Wildman–Crippen MR) is 69.2 cm³/mol. The van der Waals surface area contributed by atoms with Gasteiger partial charge < -0.3 is 10.7 Å². The van der Waals surface area contributed by atoms with Crippen LogP contribution in [-0.2, 0) is 22.3 Å². The lowest BCUT2D eigenvalue weighted by atomic mass is 10.1. The maximum absolute atomic E-state index is 11.8. The first kappa shape index (κ1) is 12.6. The Morgan fingerprint density at radius 3 is 2.44 bits per heavy atom. The highest BCUT2D eigenvalue weighted by molar-refractivity contribution is 7.91. The molecule has 6 nitrogen and oxygen atoms in total. The van der Waals surface area contributed by atoms with Crippen molar-refractivity contribution in [2.75, 3.05) is 4.72 Å². The molecule has 0 unspecified atom stereocenters. The van der Waals surface area contributed by atoms with Gasteiger partial charge in [-0.25, -0.2) is 13.4 Å². The number of hydrogen-bond donors (Lipinski definition) is 3. The zero-order valence-electron chi connectivity index (χ0n) is 9.63. The van der Waals surface area contributed by atoms with Gasteiger partial charge in [-0.1, -0.05) is 24.3 Å². The van der Waals surface area contributed by atoms with E-state index in [0.29, 0.717) is 12.1 Å². The molecule has 0 radical (unpaired) electrons. The number of anilines is 1. The highest BCUT2D eigenvalue weighted by atomic mass is 32.2. The second-order valence-electron chi connectivity index (χ2n) is 3.82. The Balaban J connectivity index is 2.07. The molecule has 2 aromatic rings. The fourth-order valence-corrected chi connectivity index (χ4v) is 2.61. The number of nitrogens with zero attached hydrogens (tertiary/aromatic N) is 1. The third-order valence-corrected chi connectivity index (χ3v) is 3.58. The third-order valence-electron chi connectivity index (χ3n) is 2.37. The molecule has 0 aliphatic heterocycles. The van der Waals surface area contributed by atoms with Crippen molar-refractivity contribution in [3.8, 4) is 0 Å². The molecular weight excluding hydrogens is 252 g/mol. The highest BCUT2D eigenvalue weighted by Gasteiger charge is 2.12. The van der Waals surface area contributed by atoms with Gasteiger partial charge in [-0.15, -0.1) is 0 Å². The molecule has 0 aliphatic rings. The molecule has 96 valence electrons. The number of H-pyrrole nitrogens is 1. The smallest absolute Gasteiger partial charge is 0.239 e. The first-order chi connectivity index (χ1) is 8.59. The molecular formula is C11H14N4O2S. The highest BCUT2D eigenvalue weighted by Crippen LogP contribution is 2.10. The Labute approximate surface area is 105 Å². The third kappa shape index (κ3) is 3.31. The van der Waals surface area contributed by atoms with Gasteiger partial charge in [0.25, 0.3) is 0 Å². The molecule has 0 aliphatic carbocycles. The van der Waals surface area contributed by atoms with E-state index in [0.717, 1.165) is 5.56 Å². The summed E-state index contributed by atoms with van der Waals surface area (Å²) in [7, 11) is -3.45. The Morgan fingerprint density at radius 1 is 1.22 bits per heavy atom. The van der Waals surface area contributed by atoms with Gasteiger partial charge >= 0.3 is 0 Å². The summed E-state index contributed by atoms with van der Waals surface area (Å²) in [5.74, 6) is 0.118. The summed E-state index contributed by atoms with van der Waals surface area (Å²) in [4.78, 5) is 6.49. The van der Waals surface area contributed by atoms with Crippen molar-refractivity contribution >= 4 is 16.0 Å². The average Bonchev–Trinajstić information content (AvgIpc) is 2.81. The van der Waals surface area contributed by atoms with Gasteiger partial charge in [-0.2, -0.15) is 0 Å². The average molecular weight is 266 g/mol. The molecule has 2 rings (SSSR count). The van der Waals surface area contributed by atoms with Crippen molar-refractivity contribution in [3.63, 3.8) is 0 Å². The molecule has 1 aromatic carbocycles. The Morgan fingerprint density at radius 2 is 1.89 bits per heavy atom. The largest absolute Gasteiger partial charge is 0.330 e.